The van der Waals surface area contributed by atoms with Crippen LogP contribution in [0.25, 0.3) is 0 Å². The van der Waals surface area contributed by atoms with Gasteiger partial charge in [0.1, 0.15) is 6.33 Å². The molecular formula is C12H22N4S. The van der Waals surface area contributed by atoms with Crippen LogP contribution in [0.2, 0.25) is 0 Å². The third-order valence-electron chi connectivity index (χ3n) is 3.37. The van der Waals surface area contributed by atoms with Crippen molar-refractivity contribution in [3.8, 4) is 0 Å². The fourth-order valence-electron chi connectivity index (χ4n) is 2.43. The molecule has 1 aliphatic carbocycles. The maximum absolute atomic E-state index is 4.06. The predicted octanol–water partition coefficient (Wildman–Crippen LogP) is 2.08. The number of aromatic nitrogens is 3. The maximum atomic E-state index is 4.06. The van der Waals surface area contributed by atoms with Crippen molar-refractivity contribution in [3.05, 3.63) is 6.33 Å². The molecule has 2 unspecified atom stereocenters. The summed E-state index contributed by atoms with van der Waals surface area (Å²) in [5, 5.41) is 12.6. The average Bonchev–Trinajstić information content (AvgIpc) is 2.71. The third kappa shape index (κ3) is 4.00. The molecule has 0 bridgehead atoms. The number of nitrogens with one attached hydrogen (secondary N) is 1. The van der Waals surface area contributed by atoms with Crippen LogP contribution in [-0.2, 0) is 7.05 Å². The Morgan fingerprint density at radius 2 is 2.41 bits per heavy atom. The number of thioether (sulfide) groups is 1. The molecule has 0 aromatic carbocycles. The molecule has 0 saturated heterocycles. The summed E-state index contributed by atoms with van der Waals surface area (Å²) >= 11 is 1.77. The number of nitrogens with zero attached hydrogens (tertiary/aromatic N) is 3. The summed E-state index contributed by atoms with van der Waals surface area (Å²) in [6.45, 7) is 3.43. The quantitative estimate of drug-likeness (QED) is 0.645. The SMILES string of the molecule is CC1CCCC(NCCSc2nncn2C)C1. The minimum atomic E-state index is 0.735. The predicted molar refractivity (Wildman–Crippen MR) is 71.1 cm³/mol. The Labute approximate surface area is 108 Å². The molecule has 0 amide bonds. The van der Waals surface area contributed by atoms with E-state index in [0.29, 0.717) is 0 Å². The van der Waals surface area contributed by atoms with Crippen LogP contribution in [-0.4, -0.2) is 33.1 Å². The molecule has 1 aromatic rings. The molecule has 5 heteroatoms. The topological polar surface area (TPSA) is 42.7 Å². The Kier molecular flexibility index (Phi) is 4.86. The molecule has 1 N–H and O–H groups in total. The maximum Gasteiger partial charge on any atom is 0.190 e. The van der Waals surface area contributed by atoms with Gasteiger partial charge in [-0.05, 0) is 18.8 Å². The molecule has 1 aliphatic rings. The minimum absolute atomic E-state index is 0.735. The van der Waals surface area contributed by atoms with Gasteiger partial charge < -0.3 is 9.88 Å². The Bertz CT molecular complexity index is 339. The van der Waals surface area contributed by atoms with E-state index >= 15 is 0 Å². The summed E-state index contributed by atoms with van der Waals surface area (Å²) in [6.07, 6.45) is 7.23. The van der Waals surface area contributed by atoms with Crippen LogP contribution in [0.15, 0.2) is 11.5 Å². The Balaban J connectivity index is 1.61. The highest BCUT2D eigenvalue weighted by Crippen LogP contribution is 2.23. The highest BCUT2D eigenvalue weighted by atomic mass is 32.2. The smallest absolute Gasteiger partial charge is 0.190 e. The van der Waals surface area contributed by atoms with Crippen molar-refractivity contribution in [2.75, 3.05) is 12.3 Å². The second kappa shape index (κ2) is 6.40. The van der Waals surface area contributed by atoms with Crippen LogP contribution >= 0.6 is 11.8 Å². The van der Waals surface area contributed by atoms with Gasteiger partial charge in [0.05, 0.1) is 0 Å². The molecule has 4 nitrogen and oxygen atoms in total. The van der Waals surface area contributed by atoms with Gasteiger partial charge in [0, 0.05) is 25.4 Å². The lowest BCUT2D eigenvalue weighted by molar-refractivity contribution is 0.306. The second-order valence-corrected chi connectivity index (χ2v) is 6.06. The van der Waals surface area contributed by atoms with Crippen LogP contribution in [0, 0.1) is 5.92 Å². The molecule has 0 spiro atoms. The van der Waals surface area contributed by atoms with Crippen molar-refractivity contribution >= 4 is 11.8 Å². The van der Waals surface area contributed by atoms with E-state index in [2.05, 4.69) is 22.4 Å². The molecule has 1 heterocycles. The Hall–Kier alpha value is -0.550. The first kappa shape index (κ1) is 12.9. The van der Waals surface area contributed by atoms with Crippen molar-refractivity contribution in [1.29, 1.82) is 0 Å². The number of rotatable bonds is 5. The molecule has 1 aromatic heterocycles. The highest BCUT2D eigenvalue weighted by molar-refractivity contribution is 7.99. The van der Waals surface area contributed by atoms with Crippen LogP contribution in [0.3, 0.4) is 0 Å². The van der Waals surface area contributed by atoms with Gasteiger partial charge in [-0.25, -0.2) is 0 Å². The summed E-state index contributed by atoms with van der Waals surface area (Å²) in [6, 6.07) is 0.735. The normalized spacial score (nSPS) is 25.1. The van der Waals surface area contributed by atoms with Crippen LogP contribution < -0.4 is 5.32 Å². The summed E-state index contributed by atoms with van der Waals surface area (Å²) in [4.78, 5) is 0. The average molecular weight is 254 g/mol. The zero-order valence-electron chi connectivity index (χ0n) is 10.7. The summed E-state index contributed by atoms with van der Waals surface area (Å²) in [7, 11) is 1.98. The van der Waals surface area contributed by atoms with Crippen LogP contribution in [0.1, 0.15) is 32.6 Å². The standard InChI is InChI=1S/C12H22N4S/c1-10-4-3-5-11(8-10)13-6-7-17-12-15-14-9-16(12)2/h9-11,13H,3-8H2,1-2H3. The summed E-state index contributed by atoms with van der Waals surface area (Å²) in [5.41, 5.74) is 0. The van der Waals surface area contributed by atoms with Gasteiger partial charge in [0.25, 0.3) is 0 Å². The van der Waals surface area contributed by atoms with E-state index in [1.165, 1.54) is 25.7 Å². The second-order valence-electron chi connectivity index (χ2n) is 5.00. The van der Waals surface area contributed by atoms with Crippen molar-refractivity contribution in [3.63, 3.8) is 0 Å². The van der Waals surface area contributed by atoms with Gasteiger partial charge in [0.15, 0.2) is 5.16 Å². The van der Waals surface area contributed by atoms with Gasteiger partial charge >= 0.3 is 0 Å². The molecule has 0 aliphatic heterocycles. The summed E-state index contributed by atoms with van der Waals surface area (Å²) < 4.78 is 1.97. The molecule has 1 saturated carbocycles. The first-order chi connectivity index (χ1) is 8.25. The van der Waals surface area contributed by atoms with Crippen LogP contribution in [0.4, 0.5) is 0 Å². The lowest BCUT2D eigenvalue weighted by atomic mass is 9.87. The fraction of sp³-hybridized carbons (Fsp3) is 0.833. The summed E-state index contributed by atoms with van der Waals surface area (Å²) in [5.74, 6) is 1.96. The van der Waals surface area contributed by atoms with E-state index in [4.69, 9.17) is 0 Å². The monoisotopic (exact) mass is 254 g/mol. The fourth-order valence-corrected chi connectivity index (χ4v) is 3.19. The molecule has 2 rings (SSSR count). The first-order valence-electron chi connectivity index (χ1n) is 6.46. The van der Waals surface area contributed by atoms with E-state index in [1.807, 2.05) is 11.6 Å². The zero-order valence-corrected chi connectivity index (χ0v) is 11.5. The van der Waals surface area contributed by atoms with Gasteiger partial charge in [-0.3, -0.25) is 0 Å². The van der Waals surface area contributed by atoms with Gasteiger partial charge in [0.2, 0.25) is 0 Å². The molecule has 0 radical (unpaired) electrons. The van der Waals surface area contributed by atoms with Gasteiger partial charge in [-0.15, -0.1) is 10.2 Å². The van der Waals surface area contributed by atoms with Gasteiger partial charge in [-0.1, -0.05) is 31.5 Å². The lowest BCUT2D eigenvalue weighted by Crippen LogP contribution is -2.34. The van der Waals surface area contributed by atoms with Gasteiger partial charge in [-0.2, -0.15) is 0 Å². The first-order valence-corrected chi connectivity index (χ1v) is 7.44. The zero-order chi connectivity index (χ0) is 12.1. The van der Waals surface area contributed by atoms with Crippen molar-refractivity contribution < 1.29 is 0 Å². The number of hydrogen-bond acceptors (Lipinski definition) is 4. The molecule has 17 heavy (non-hydrogen) atoms. The molecule has 96 valence electrons. The van der Waals surface area contributed by atoms with E-state index in [1.54, 1.807) is 18.1 Å². The van der Waals surface area contributed by atoms with Crippen molar-refractivity contribution in [1.82, 2.24) is 20.1 Å². The van der Waals surface area contributed by atoms with E-state index in [9.17, 15) is 0 Å². The van der Waals surface area contributed by atoms with Crippen molar-refractivity contribution in [2.45, 2.75) is 43.8 Å². The van der Waals surface area contributed by atoms with Crippen LogP contribution in [0.5, 0.6) is 0 Å². The Morgan fingerprint density at radius 3 is 3.12 bits per heavy atom. The number of aryl methyl sites for hydroxylation is 1. The van der Waals surface area contributed by atoms with E-state index in [-0.39, 0.29) is 0 Å². The molecule has 2 atom stereocenters. The minimum Gasteiger partial charge on any atom is -0.313 e. The Morgan fingerprint density at radius 1 is 1.53 bits per heavy atom. The highest BCUT2D eigenvalue weighted by Gasteiger charge is 2.17. The lowest BCUT2D eigenvalue weighted by Gasteiger charge is -2.27. The number of hydrogen-bond donors (Lipinski definition) is 1. The van der Waals surface area contributed by atoms with E-state index in [0.717, 1.165) is 29.4 Å². The van der Waals surface area contributed by atoms with E-state index < -0.39 is 0 Å². The van der Waals surface area contributed by atoms with Crippen molar-refractivity contribution in [2.24, 2.45) is 13.0 Å². The third-order valence-corrected chi connectivity index (χ3v) is 4.41. The largest absolute Gasteiger partial charge is 0.313 e. The molecular weight excluding hydrogens is 232 g/mol. The molecule has 1 fully saturated rings.